The number of hydrogen-bond acceptors (Lipinski definition) is 4. The van der Waals surface area contributed by atoms with Gasteiger partial charge < -0.3 is 14.2 Å². The van der Waals surface area contributed by atoms with E-state index in [-0.39, 0.29) is 12.3 Å². The summed E-state index contributed by atoms with van der Waals surface area (Å²) in [5.41, 5.74) is 1.71. The zero-order chi connectivity index (χ0) is 15.1. The SMILES string of the molecule is CCOC(=O)C=C(C)c1ccccc1OC1CCCCO1. The smallest absolute Gasteiger partial charge is 0.331 e. The average molecular weight is 290 g/mol. The van der Waals surface area contributed by atoms with Crippen molar-refractivity contribution in [2.24, 2.45) is 0 Å². The fraction of sp³-hybridized carbons (Fsp3) is 0.471. The van der Waals surface area contributed by atoms with Crippen LogP contribution in [0.25, 0.3) is 5.57 Å². The highest BCUT2D eigenvalue weighted by Gasteiger charge is 2.17. The Kier molecular flexibility index (Phi) is 5.81. The number of ether oxygens (including phenoxy) is 3. The third kappa shape index (κ3) is 4.60. The van der Waals surface area contributed by atoms with E-state index in [4.69, 9.17) is 14.2 Å². The van der Waals surface area contributed by atoms with Crippen LogP contribution in [0.1, 0.15) is 38.7 Å². The molecule has 114 valence electrons. The predicted molar refractivity (Wildman–Crippen MR) is 80.9 cm³/mol. The predicted octanol–water partition coefficient (Wildman–Crippen LogP) is 3.56. The molecule has 1 heterocycles. The Hall–Kier alpha value is -1.81. The molecule has 0 aromatic heterocycles. The van der Waals surface area contributed by atoms with Gasteiger partial charge in [-0.15, -0.1) is 0 Å². The van der Waals surface area contributed by atoms with E-state index in [1.165, 1.54) is 6.08 Å². The molecule has 1 unspecified atom stereocenters. The quantitative estimate of drug-likeness (QED) is 0.614. The normalized spacial score (nSPS) is 19.1. The molecule has 0 aliphatic carbocycles. The summed E-state index contributed by atoms with van der Waals surface area (Å²) in [6.07, 6.45) is 4.39. The first-order chi connectivity index (χ1) is 10.2. The van der Waals surface area contributed by atoms with Crippen LogP contribution in [-0.2, 0) is 14.3 Å². The monoisotopic (exact) mass is 290 g/mol. The van der Waals surface area contributed by atoms with E-state index in [0.717, 1.165) is 42.8 Å². The van der Waals surface area contributed by atoms with Gasteiger partial charge in [0.15, 0.2) is 6.29 Å². The molecule has 1 aliphatic heterocycles. The first-order valence-electron chi connectivity index (χ1n) is 7.43. The van der Waals surface area contributed by atoms with Crippen molar-refractivity contribution in [2.75, 3.05) is 13.2 Å². The number of benzene rings is 1. The van der Waals surface area contributed by atoms with E-state index in [1.807, 2.05) is 31.2 Å². The van der Waals surface area contributed by atoms with Gasteiger partial charge in [-0.3, -0.25) is 0 Å². The van der Waals surface area contributed by atoms with Crippen molar-refractivity contribution in [3.63, 3.8) is 0 Å². The second-order valence-electron chi connectivity index (χ2n) is 4.99. The van der Waals surface area contributed by atoms with Gasteiger partial charge in [0.25, 0.3) is 0 Å². The Balaban J connectivity index is 2.13. The second-order valence-corrected chi connectivity index (χ2v) is 4.99. The third-order valence-electron chi connectivity index (χ3n) is 3.33. The van der Waals surface area contributed by atoms with Gasteiger partial charge in [0, 0.05) is 18.1 Å². The molecular formula is C17H22O4. The molecule has 2 rings (SSSR count). The maximum absolute atomic E-state index is 11.6. The molecule has 1 atom stereocenters. The second kappa shape index (κ2) is 7.84. The van der Waals surface area contributed by atoms with Crippen LogP contribution in [-0.4, -0.2) is 25.5 Å². The minimum absolute atomic E-state index is 0.199. The highest BCUT2D eigenvalue weighted by Crippen LogP contribution is 2.28. The van der Waals surface area contributed by atoms with Gasteiger partial charge in [0.05, 0.1) is 13.2 Å². The van der Waals surface area contributed by atoms with E-state index < -0.39 is 0 Å². The van der Waals surface area contributed by atoms with Crippen LogP contribution >= 0.6 is 0 Å². The van der Waals surface area contributed by atoms with Crippen molar-refractivity contribution < 1.29 is 19.0 Å². The van der Waals surface area contributed by atoms with Gasteiger partial charge in [0.2, 0.25) is 0 Å². The van der Waals surface area contributed by atoms with Gasteiger partial charge in [-0.2, -0.15) is 0 Å². The summed E-state index contributed by atoms with van der Waals surface area (Å²) in [7, 11) is 0. The van der Waals surface area contributed by atoms with Crippen molar-refractivity contribution in [3.05, 3.63) is 35.9 Å². The molecule has 1 aromatic carbocycles. The van der Waals surface area contributed by atoms with Crippen molar-refractivity contribution in [1.29, 1.82) is 0 Å². The lowest BCUT2D eigenvalue weighted by Gasteiger charge is -2.24. The van der Waals surface area contributed by atoms with Crippen molar-refractivity contribution in [1.82, 2.24) is 0 Å². The molecule has 1 aromatic rings. The summed E-state index contributed by atoms with van der Waals surface area (Å²) in [4.78, 5) is 11.6. The Bertz CT molecular complexity index is 501. The summed E-state index contributed by atoms with van der Waals surface area (Å²) in [6.45, 7) is 4.78. The van der Waals surface area contributed by atoms with Crippen LogP contribution in [0.3, 0.4) is 0 Å². The summed E-state index contributed by atoms with van der Waals surface area (Å²) in [6, 6.07) is 7.67. The molecule has 1 saturated heterocycles. The summed E-state index contributed by atoms with van der Waals surface area (Å²) in [5, 5.41) is 0. The van der Waals surface area contributed by atoms with E-state index >= 15 is 0 Å². The third-order valence-corrected chi connectivity index (χ3v) is 3.33. The molecule has 1 aliphatic rings. The lowest BCUT2D eigenvalue weighted by Crippen LogP contribution is -2.25. The Morgan fingerprint density at radius 3 is 2.90 bits per heavy atom. The van der Waals surface area contributed by atoms with Crippen molar-refractivity contribution in [3.8, 4) is 5.75 Å². The molecule has 4 nitrogen and oxygen atoms in total. The summed E-state index contributed by atoms with van der Waals surface area (Å²) >= 11 is 0. The van der Waals surface area contributed by atoms with Gasteiger partial charge in [-0.1, -0.05) is 18.2 Å². The lowest BCUT2D eigenvalue weighted by atomic mass is 10.1. The molecular weight excluding hydrogens is 268 g/mol. The number of carbonyl (C=O) groups is 1. The molecule has 0 amide bonds. The lowest BCUT2D eigenvalue weighted by molar-refractivity contribution is -0.137. The maximum atomic E-state index is 11.6. The number of hydrogen-bond donors (Lipinski definition) is 0. The zero-order valence-corrected chi connectivity index (χ0v) is 12.6. The summed E-state index contributed by atoms with van der Waals surface area (Å²) < 4.78 is 16.5. The molecule has 0 spiro atoms. The maximum Gasteiger partial charge on any atom is 0.331 e. The van der Waals surface area contributed by atoms with Gasteiger partial charge >= 0.3 is 5.97 Å². The minimum atomic E-state index is -0.335. The van der Waals surface area contributed by atoms with Crippen LogP contribution in [0, 0.1) is 0 Å². The highest BCUT2D eigenvalue weighted by molar-refractivity contribution is 5.91. The number of carbonyl (C=O) groups excluding carboxylic acids is 1. The first kappa shape index (κ1) is 15.6. The van der Waals surface area contributed by atoms with E-state index in [0.29, 0.717) is 6.61 Å². The van der Waals surface area contributed by atoms with Crippen LogP contribution in [0.4, 0.5) is 0 Å². The number of allylic oxidation sites excluding steroid dienone is 1. The Morgan fingerprint density at radius 2 is 2.19 bits per heavy atom. The largest absolute Gasteiger partial charge is 0.464 e. The average Bonchev–Trinajstić information content (AvgIpc) is 2.49. The van der Waals surface area contributed by atoms with Crippen LogP contribution < -0.4 is 4.74 Å². The fourth-order valence-electron chi connectivity index (χ4n) is 2.28. The highest BCUT2D eigenvalue weighted by atomic mass is 16.7. The molecule has 0 N–H and O–H groups in total. The van der Waals surface area contributed by atoms with Crippen molar-refractivity contribution >= 4 is 11.5 Å². The minimum Gasteiger partial charge on any atom is -0.464 e. The molecule has 0 bridgehead atoms. The number of esters is 1. The van der Waals surface area contributed by atoms with Crippen LogP contribution in [0.5, 0.6) is 5.75 Å². The van der Waals surface area contributed by atoms with E-state index in [9.17, 15) is 4.79 Å². The first-order valence-corrected chi connectivity index (χ1v) is 7.43. The van der Waals surface area contributed by atoms with Gasteiger partial charge in [0.1, 0.15) is 5.75 Å². The van der Waals surface area contributed by atoms with Crippen molar-refractivity contribution in [2.45, 2.75) is 39.4 Å². The van der Waals surface area contributed by atoms with E-state index in [1.54, 1.807) is 6.92 Å². The van der Waals surface area contributed by atoms with E-state index in [2.05, 4.69) is 0 Å². The van der Waals surface area contributed by atoms with Crippen LogP contribution in [0.2, 0.25) is 0 Å². The summed E-state index contributed by atoms with van der Waals surface area (Å²) in [5.74, 6) is 0.404. The molecule has 21 heavy (non-hydrogen) atoms. The molecule has 0 saturated carbocycles. The number of rotatable bonds is 5. The van der Waals surface area contributed by atoms with Gasteiger partial charge in [-0.25, -0.2) is 4.79 Å². The molecule has 0 radical (unpaired) electrons. The topological polar surface area (TPSA) is 44.8 Å². The van der Waals surface area contributed by atoms with Crippen LogP contribution in [0.15, 0.2) is 30.3 Å². The van der Waals surface area contributed by atoms with Gasteiger partial charge in [-0.05, 0) is 38.3 Å². The Labute approximate surface area is 125 Å². The standard InChI is InChI=1S/C17H22O4/c1-3-19-16(18)12-13(2)14-8-4-5-9-15(14)21-17-10-6-7-11-20-17/h4-5,8-9,12,17H,3,6-7,10-11H2,1-2H3. The molecule has 1 fully saturated rings. The number of para-hydroxylation sites is 1. The zero-order valence-electron chi connectivity index (χ0n) is 12.6. The fourth-order valence-corrected chi connectivity index (χ4v) is 2.28. The molecule has 4 heteroatoms. The Morgan fingerprint density at radius 1 is 1.38 bits per heavy atom.